The van der Waals surface area contributed by atoms with Crippen LogP contribution in [0, 0.1) is 17.2 Å². The van der Waals surface area contributed by atoms with Gasteiger partial charge in [-0.3, -0.25) is 9.59 Å². The van der Waals surface area contributed by atoms with Gasteiger partial charge in [-0.05, 0) is 81.5 Å². The number of nitrogens with zero attached hydrogens (tertiary/aromatic N) is 2. The average Bonchev–Trinajstić information content (AvgIpc) is 2.95. The third-order valence-electron chi connectivity index (χ3n) is 5.69. The van der Waals surface area contributed by atoms with Crippen molar-refractivity contribution in [1.82, 2.24) is 10.7 Å². The van der Waals surface area contributed by atoms with Crippen molar-refractivity contribution in [3.63, 3.8) is 0 Å². The number of rotatable bonds is 11. The standard InChI is InChI=1S/C29H29BrN4O5/c1-18(2)26(33-28(35)22-9-11-23(37-3)12-10-22)29(36)34-32-16-21-13-24(30)27(25(14-21)38-4)39-17-20-7-5-19(15-31)6-8-20/h5-14,16,18,26H,17H2,1-4H3,(H,33,35)(H,34,36). The van der Waals surface area contributed by atoms with Gasteiger partial charge in [0, 0.05) is 5.56 Å². The van der Waals surface area contributed by atoms with Crippen LogP contribution in [0.5, 0.6) is 17.2 Å². The lowest BCUT2D eigenvalue weighted by atomic mass is 10.0. The highest BCUT2D eigenvalue weighted by molar-refractivity contribution is 9.10. The monoisotopic (exact) mass is 592 g/mol. The molecular formula is C29H29BrN4O5. The number of nitrogens with one attached hydrogen (secondary N) is 2. The van der Waals surface area contributed by atoms with E-state index in [0.717, 1.165) is 5.56 Å². The number of ether oxygens (including phenoxy) is 3. The van der Waals surface area contributed by atoms with Gasteiger partial charge in [0.2, 0.25) is 0 Å². The number of halogens is 1. The van der Waals surface area contributed by atoms with E-state index in [9.17, 15) is 9.59 Å². The number of carbonyl (C=O) groups is 2. The summed E-state index contributed by atoms with van der Waals surface area (Å²) in [6, 6.07) is 18.5. The Hall–Kier alpha value is -4.36. The zero-order valence-electron chi connectivity index (χ0n) is 22.0. The molecule has 2 amide bonds. The molecule has 0 aromatic heterocycles. The number of nitriles is 1. The highest BCUT2D eigenvalue weighted by Gasteiger charge is 2.24. The molecule has 3 aromatic carbocycles. The summed E-state index contributed by atoms with van der Waals surface area (Å²) in [7, 11) is 3.07. The third kappa shape index (κ3) is 8.06. The minimum absolute atomic E-state index is 0.177. The number of carbonyl (C=O) groups excluding carboxylic acids is 2. The molecule has 202 valence electrons. The molecule has 3 aromatic rings. The molecule has 0 heterocycles. The van der Waals surface area contributed by atoms with Gasteiger partial charge in [-0.15, -0.1) is 0 Å². The van der Waals surface area contributed by atoms with Crippen molar-refractivity contribution >= 4 is 34.0 Å². The summed E-state index contributed by atoms with van der Waals surface area (Å²) in [5.74, 6) is 0.608. The molecule has 9 nitrogen and oxygen atoms in total. The van der Waals surface area contributed by atoms with E-state index in [0.29, 0.717) is 38.4 Å². The van der Waals surface area contributed by atoms with Gasteiger partial charge in [-0.25, -0.2) is 5.43 Å². The highest BCUT2D eigenvalue weighted by Crippen LogP contribution is 2.36. The molecule has 1 atom stereocenters. The molecule has 0 fully saturated rings. The van der Waals surface area contributed by atoms with Crippen molar-refractivity contribution < 1.29 is 23.8 Å². The van der Waals surface area contributed by atoms with Crippen LogP contribution in [0.4, 0.5) is 0 Å². The molecule has 3 rings (SSSR count). The summed E-state index contributed by atoms with van der Waals surface area (Å²) in [5.41, 5.74) is 5.03. The SMILES string of the molecule is COc1ccc(C(=O)NC(C(=O)NN=Cc2cc(Br)c(OCc3ccc(C#N)cc3)c(OC)c2)C(C)C)cc1. The predicted octanol–water partition coefficient (Wildman–Crippen LogP) is 4.82. The molecule has 1 unspecified atom stereocenters. The van der Waals surface area contributed by atoms with Gasteiger partial charge in [-0.2, -0.15) is 10.4 Å². The summed E-state index contributed by atoms with van der Waals surface area (Å²) in [4.78, 5) is 25.5. The maximum atomic E-state index is 12.8. The first-order valence-corrected chi connectivity index (χ1v) is 12.8. The van der Waals surface area contributed by atoms with Crippen LogP contribution in [-0.4, -0.2) is 38.3 Å². The lowest BCUT2D eigenvalue weighted by molar-refractivity contribution is -0.123. The summed E-state index contributed by atoms with van der Waals surface area (Å²) < 4.78 is 17.2. The van der Waals surface area contributed by atoms with Crippen LogP contribution >= 0.6 is 15.9 Å². The number of hydrogen-bond donors (Lipinski definition) is 2. The Morgan fingerprint density at radius 1 is 1.05 bits per heavy atom. The molecule has 39 heavy (non-hydrogen) atoms. The first-order chi connectivity index (χ1) is 18.7. The first-order valence-electron chi connectivity index (χ1n) is 12.0. The second-order valence-corrected chi connectivity index (χ2v) is 9.64. The highest BCUT2D eigenvalue weighted by atomic mass is 79.9. The molecule has 2 N–H and O–H groups in total. The van der Waals surface area contributed by atoms with E-state index in [1.165, 1.54) is 13.3 Å². The van der Waals surface area contributed by atoms with E-state index in [4.69, 9.17) is 19.5 Å². The number of hydrogen-bond acceptors (Lipinski definition) is 7. The van der Waals surface area contributed by atoms with E-state index in [2.05, 4.69) is 37.8 Å². The van der Waals surface area contributed by atoms with E-state index in [1.54, 1.807) is 55.6 Å². The molecule has 0 saturated heterocycles. The lowest BCUT2D eigenvalue weighted by Crippen LogP contribution is -2.48. The summed E-state index contributed by atoms with van der Waals surface area (Å²) in [5, 5.41) is 15.8. The Labute approximate surface area is 235 Å². The van der Waals surface area contributed by atoms with Crippen molar-refractivity contribution in [3.8, 4) is 23.3 Å². The predicted molar refractivity (Wildman–Crippen MR) is 151 cm³/mol. The minimum Gasteiger partial charge on any atom is -0.497 e. The van der Waals surface area contributed by atoms with E-state index < -0.39 is 11.9 Å². The second-order valence-electron chi connectivity index (χ2n) is 8.79. The van der Waals surface area contributed by atoms with Gasteiger partial charge in [-0.1, -0.05) is 26.0 Å². The molecule has 0 radical (unpaired) electrons. The summed E-state index contributed by atoms with van der Waals surface area (Å²) in [6.45, 7) is 3.95. The van der Waals surface area contributed by atoms with Crippen LogP contribution in [0.25, 0.3) is 0 Å². The molecule has 0 aliphatic rings. The van der Waals surface area contributed by atoms with Crippen molar-refractivity contribution in [2.75, 3.05) is 14.2 Å². The molecule has 10 heteroatoms. The van der Waals surface area contributed by atoms with Crippen molar-refractivity contribution in [2.24, 2.45) is 11.0 Å². The van der Waals surface area contributed by atoms with E-state index in [-0.39, 0.29) is 18.4 Å². The number of hydrazone groups is 1. The molecule has 0 saturated carbocycles. The second kappa shape index (κ2) is 14.0. The van der Waals surface area contributed by atoms with Crippen LogP contribution in [0.15, 0.2) is 70.2 Å². The van der Waals surface area contributed by atoms with Gasteiger partial charge in [0.05, 0.1) is 36.5 Å². The molecule has 0 aliphatic heterocycles. The topological polar surface area (TPSA) is 122 Å². The Morgan fingerprint density at radius 2 is 1.74 bits per heavy atom. The molecule has 0 bridgehead atoms. The Morgan fingerprint density at radius 3 is 2.33 bits per heavy atom. The maximum absolute atomic E-state index is 12.8. The number of methoxy groups -OCH3 is 2. The average molecular weight is 593 g/mol. The normalized spacial score (nSPS) is 11.5. The van der Waals surface area contributed by atoms with Crippen LogP contribution < -0.4 is 25.0 Å². The zero-order chi connectivity index (χ0) is 28.4. The molecule has 0 spiro atoms. The zero-order valence-corrected chi connectivity index (χ0v) is 23.6. The maximum Gasteiger partial charge on any atom is 0.262 e. The molecular weight excluding hydrogens is 564 g/mol. The van der Waals surface area contributed by atoms with Crippen molar-refractivity contribution in [3.05, 3.63) is 87.4 Å². The Balaban J connectivity index is 1.64. The fourth-order valence-corrected chi connectivity index (χ4v) is 4.10. The van der Waals surface area contributed by atoms with Crippen molar-refractivity contribution in [1.29, 1.82) is 5.26 Å². The van der Waals surface area contributed by atoms with Gasteiger partial charge in [0.15, 0.2) is 11.5 Å². The first kappa shape index (κ1) is 29.2. The smallest absolute Gasteiger partial charge is 0.262 e. The Bertz CT molecular complexity index is 1370. The van der Waals surface area contributed by atoms with E-state index >= 15 is 0 Å². The largest absolute Gasteiger partial charge is 0.497 e. The van der Waals surface area contributed by atoms with Gasteiger partial charge in [0.25, 0.3) is 11.8 Å². The lowest BCUT2D eigenvalue weighted by Gasteiger charge is -2.20. The van der Waals surface area contributed by atoms with Crippen LogP contribution in [0.2, 0.25) is 0 Å². The van der Waals surface area contributed by atoms with E-state index in [1.807, 2.05) is 26.0 Å². The molecule has 0 aliphatic carbocycles. The van der Waals surface area contributed by atoms with Crippen molar-refractivity contribution in [2.45, 2.75) is 26.5 Å². The summed E-state index contributed by atoms with van der Waals surface area (Å²) in [6.07, 6.45) is 1.47. The van der Waals surface area contributed by atoms with Crippen LogP contribution in [-0.2, 0) is 11.4 Å². The van der Waals surface area contributed by atoms with Gasteiger partial charge >= 0.3 is 0 Å². The minimum atomic E-state index is -0.795. The van der Waals surface area contributed by atoms with Gasteiger partial charge < -0.3 is 19.5 Å². The number of amides is 2. The summed E-state index contributed by atoms with van der Waals surface area (Å²) >= 11 is 3.50. The fourth-order valence-electron chi connectivity index (χ4n) is 3.53. The quantitative estimate of drug-likeness (QED) is 0.243. The number of benzene rings is 3. The van der Waals surface area contributed by atoms with Crippen LogP contribution in [0.3, 0.4) is 0 Å². The third-order valence-corrected chi connectivity index (χ3v) is 6.28. The Kier molecular flexibility index (Phi) is 10.5. The fraction of sp³-hybridized carbons (Fsp3) is 0.241. The van der Waals surface area contributed by atoms with Gasteiger partial charge in [0.1, 0.15) is 18.4 Å². The van der Waals surface area contributed by atoms with Crippen LogP contribution in [0.1, 0.15) is 40.9 Å².